The molecule has 0 saturated carbocycles. The molecule has 1 saturated heterocycles. The number of methoxy groups -OCH3 is 1. The van der Waals surface area contributed by atoms with Crippen LogP contribution in [-0.2, 0) is 32.5 Å². The molecule has 0 unspecified atom stereocenters. The summed E-state index contributed by atoms with van der Waals surface area (Å²) in [5.74, 6) is 0.635. The van der Waals surface area contributed by atoms with Crippen LogP contribution in [0.25, 0.3) is 0 Å². The fraction of sp³-hybridized carbons (Fsp3) is 0.526. The minimum absolute atomic E-state index is 0.00160. The second kappa shape index (κ2) is 9.15. The van der Waals surface area contributed by atoms with Gasteiger partial charge in [0.25, 0.3) is 0 Å². The Morgan fingerprint density at radius 2 is 2.04 bits per heavy atom. The number of hydrogen-bond acceptors (Lipinski definition) is 7. The highest BCUT2D eigenvalue weighted by Crippen LogP contribution is 2.23. The van der Waals surface area contributed by atoms with E-state index in [9.17, 15) is 13.5 Å². The van der Waals surface area contributed by atoms with E-state index in [1.807, 2.05) is 13.0 Å². The van der Waals surface area contributed by atoms with E-state index in [0.717, 1.165) is 11.3 Å². The van der Waals surface area contributed by atoms with E-state index in [2.05, 4.69) is 9.88 Å². The predicted octanol–water partition coefficient (Wildman–Crippen LogP) is 1.56. The number of benzene rings is 1. The number of nitrogens with one attached hydrogen (secondary N) is 1. The van der Waals surface area contributed by atoms with Gasteiger partial charge < -0.3 is 19.1 Å². The van der Waals surface area contributed by atoms with Crippen LogP contribution >= 0.6 is 0 Å². The largest absolute Gasteiger partial charge is 0.390 e. The molecule has 3 atom stereocenters. The second-order valence-corrected chi connectivity index (χ2v) is 8.79. The molecule has 2 heterocycles. The van der Waals surface area contributed by atoms with Crippen LogP contribution in [0, 0.1) is 6.92 Å². The van der Waals surface area contributed by atoms with Gasteiger partial charge in [0.1, 0.15) is 6.61 Å². The number of nitrogens with zero attached hydrogens (tertiary/aromatic N) is 1. The molecule has 1 aromatic carbocycles. The molecular formula is C19H26N2O6S. The Morgan fingerprint density at radius 3 is 2.75 bits per heavy atom. The molecule has 8 nitrogen and oxygen atoms in total. The minimum atomic E-state index is -3.66. The number of aliphatic hydroxyl groups is 1. The summed E-state index contributed by atoms with van der Waals surface area (Å²) in [6.45, 7) is 2.24. The van der Waals surface area contributed by atoms with Crippen molar-refractivity contribution < 1.29 is 27.5 Å². The van der Waals surface area contributed by atoms with Gasteiger partial charge in [-0.25, -0.2) is 13.1 Å². The van der Waals surface area contributed by atoms with Crippen LogP contribution in [0.15, 0.2) is 39.8 Å². The fourth-order valence-corrected chi connectivity index (χ4v) is 4.22. The Morgan fingerprint density at radius 1 is 1.29 bits per heavy atom. The summed E-state index contributed by atoms with van der Waals surface area (Å²) in [4.78, 5) is 0.188. The zero-order valence-electron chi connectivity index (χ0n) is 16.0. The van der Waals surface area contributed by atoms with E-state index >= 15 is 0 Å². The summed E-state index contributed by atoms with van der Waals surface area (Å²) in [5.41, 5.74) is 1.72. The molecule has 2 aromatic rings. The van der Waals surface area contributed by atoms with Gasteiger partial charge in [0.2, 0.25) is 10.0 Å². The normalized spacial score (nSPS) is 23.0. The van der Waals surface area contributed by atoms with Gasteiger partial charge in [-0.1, -0.05) is 22.9 Å². The fourth-order valence-electron chi connectivity index (χ4n) is 3.17. The van der Waals surface area contributed by atoms with Crippen molar-refractivity contribution in [3.8, 4) is 0 Å². The lowest BCUT2D eigenvalue weighted by atomic mass is 9.98. The third kappa shape index (κ3) is 5.39. The average molecular weight is 410 g/mol. The number of aliphatic hydroxyl groups excluding tert-OH is 1. The standard InChI is InChI=1S/C19H26N2O6S/c1-13-3-6-17(7-4-13)28(23,24)20-11-19-18(22)8-5-15(26-19)9-14-10-16(12-25-2)27-21-14/h3-4,6-7,10,15,18-20,22H,5,8-9,11-12H2,1-2H3/t15-,18-,19+/m0/s1. The number of ether oxygens (including phenoxy) is 2. The smallest absolute Gasteiger partial charge is 0.240 e. The Balaban J connectivity index is 1.57. The summed E-state index contributed by atoms with van der Waals surface area (Å²) in [6.07, 6.45) is 0.209. The van der Waals surface area contributed by atoms with E-state index in [0.29, 0.717) is 31.6 Å². The first kappa shape index (κ1) is 20.9. The number of sulfonamides is 1. The van der Waals surface area contributed by atoms with E-state index in [1.54, 1.807) is 31.4 Å². The van der Waals surface area contributed by atoms with E-state index < -0.39 is 22.2 Å². The molecule has 0 radical (unpaired) electrons. The van der Waals surface area contributed by atoms with Gasteiger partial charge in [0.05, 0.1) is 28.9 Å². The van der Waals surface area contributed by atoms with Crippen molar-refractivity contribution in [2.24, 2.45) is 0 Å². The van der Waals surface area contributed by atoms with Gasteiger partial charge in [-0.05, 0) is 31.9 Å². The summed E-state index contributed by atoms with van der Waals surface area (Å²) in [6, 6.07) is 8.41. The van der Waals surface area contributed by atoms with Crippen molar-refractivity contribution in [3.63, 3.8) is 0 Å². The SMILES string of the molecule is COCc1cc(C[C@@H]2CC[C@H](O)[C@@H](CNS(=O)(=O)c3ccc(C)cc3)O2)no1. The highest BCUT2D eigenvalue weighted by Gasteiger charge is 2.31. The van der Waals surface area contributed by atoms with Gasteiger partial charge >= 0.3 is 0 Å². The van der Waals surface area contributed by atoms with Gasteiger partial charge in [0.15, 0.2) is 5.76 Å². The number of aromatic nitrogens is 1. The lowest BCUT2D eigenvalue weighted by molar-refractivity contribution is -0.113. The number of rotatable bonds is 8. The molecule has 3 rings (SSSR count). The quantitative estimate of drug-likeness (QED) is 0.679. The molecule has 0 spiro atoms. The summed E-state index contributed by atoms with van der Waals surface area (Å²) in [5, 5.41) is 14.2. The van der Waals surface area contributed by atoms with Crippen LogP contribution in [0.1, 0.15) is 29.9 Å². The Labute approximate surface area is 164 Å². The molecule has 2 N–H and O–H groups in total. The monoisotopic (exact) mass is 410 g/mol. The first-order chi connectivity index (χ1) is 13.4. The third-order valence-corrected chi connectivity index (χ3v) is 6.16. The molecule has 9 heteroatoms. The highest BCUT2D eigenvalue weighted by atomic mass is 32.2. The highest BCUT2D eigenvalue weighted by molar-refractivity contribution is 7.89. The minimum Gasteiger partial charge on any atom is -0.390 e. The molecule has 0 amide bonds. The average Bonchev–Trinajstić information content (AvgIpc) is 3.10. The van der Waals surface area contributed by atoms with Crippen molar-refractivity contribution in [2.45, 2.75) is 56.0 Å². The lowest BCUT2D eigenvalue weighted by Crippen LogP contribution is -2.46. The molecule has 0 aliphatic carbocycles. The maximum atomic E-state index is 12.4. The lowest BCUT2D eigenvalue weighted by Gasteiger charge is -2.33. The molecule has 154 valence electrons. The Kier molecular flexibility index (Phi) is 6.84. The second-order valence-electron chi connectivity index (χ2n) is 7.03. The van der Waals surface area contributed by atoms with Crippen molar-refractivity contribution in [2.75, 3.05) is 13.7 Å². The number of hydrogen-bond donors (Lipinski definition) is 2. The molecular weight excluding hydrogens is 384 g/mol. The summed E-state index contributed by atoms with van der Waals surface area (Å²) < 4.78 is 43.5. The maximum Gasteiger partial charge on any atom is 0.240 e. The van der Waals surface area contributed by atoms with E-state index in [-0.39, 0.29) is 17.5 Å². The molecule has 1 aromatic heterocycles. The third-order valence-electron chi connectivity index (χ3n) is 4.72. The van der Waals surface area contributed by atoms with E-state index in [1.165, 1.54) is 0 Å². The van der Waals surface area contributed by atoms with Crippen molar-refractivity contribution in [1.29, 1.82) is 0 Å². The summed E-state index contributed by atoms with van der Waals surface area (Å²) in [7, 11) is -2.08. The molecule has 28 heavy (non-hydrogen) atoms. The Hall–Kier alpha value is -1.78. The molecule has 1 aliphatic rings. The molecule has 1 fully saturated rings. The van der Waals surface area contributed by atoms with Gasteiger partial charge in [-0.3, -0.25) is 0 Å². The van der Waals surface area contributed by atoms with Crippen molar-refractivity contribution >= 4 is 10.0 Å². The summed E-state index contributed by atoms with van der Waals surface area (Å²) >= 11 is 0. The van der Waals surface area contributed by atoms with Gasteiger partial charge in [-0.15, -0.1) is 0 Å². The first-order valence-electron chi connectivity index (χ1n) is 9.20. The maximum absolute atomic E-state index is 12.4. The van der Waals surface area contributed by atoms with Gasteiger partial charge in [0, 0.05) is 26.1 Å². The van der Waals surface area contributed by atoms with Crippen LogP contribution in [0.4, 0.5) is 0 Å². The topological polar surface area (TPSA) is 111 Å². The van der Waals surface area contributed by atoms with Gasteiger partial charge in [-0.2, -0.15) is 0 Å². The van der Waals surface area contributed by atoms with Crippen molar-refractivity contribution in [3.05, 3.63) is 47.3 Å². The number of aryl methyl sites for hydroxylation is 1. The zero-order chi connectivity index (χ0) is 20.1. The van der Waals surface area contributed by atoms with Crippen molar-refractivity contribution in [1.82, 2.24) is 9.88 Å². The predicted molar refractivity (Wildman–Crippen MR) is 101 cm³/mol. The van der Waals surface area contributed by atoms with Crippen LogP contribution in [0.3, 0.4) is 0 Å². The van der Waals surface area contributed by atoms with Crippen LogP contribution in [0.2, 0.25) is 0 Å². The van der Waals surface area contributed by atoms with Crippen LogP contribution < -0.4 is 4.72 Å². The van der Waals surface area contributed by atoms with Crippen LogP contribution in [-0.4, -0.2) is 50.6 Å². The first-order valence-corrected chi connectivity index (χ1v) is 10.7. The Bertz CT molecular complexity index is 865. The van der Waals surface area contributed by atoms with Crippen LogP contribution in [0.5, 0.6) is 0 Å². The zero-order valence-corrected chi connectivity index (χ0v) is 16.8. The van der Waals surface area contributed by atoms with E-state index in [4.69, 9.17) is 14.0 Å². The molecule has 1 aliphatic heterocycles. The molecule has 0 bridgehead atoms.